The average molecular weight is 349 g/mol. The van der Waals surface area contributed by atoms with E-state index in [0.717, 1.165) is 31.7 Å². The summed E-state index contributed by atoms with van der Waals surface area (Å²) in [6, 6.07) is 10.1. The highest BCUT2D eigenvalue weighted by molar-refractivity contribution is 7.92. The number of benzene rings is 2. The molecule has 2 aliphatic rings. The number of anilines is 1. The van der Waals surface area contributed by atoms with Crippen LogP contribution in [0, 0.1) is 5.82 Å². The molecule has 24 heavy (non-hydrogen) atoms. The number of halogens is 1. The Morgan fingerprint density at radius 3 is 2.46 bits per heavy atom. The molecule has 1 aliphatic heterocycles. The van der Waals surface area contributed by atoms with Crippen LogP contribution in [0.2, 0.25) is 0 Å². The average Bonchev–Trinajstić information content (AvgIpc) is 3.13. The molecule has 4 rings (SSSR count). The van der Waals surface area contributed by atoms with Crippen LogP contribution in [0.15, 0.2) is 47.4 Å². The number of rotatable bonds is 3. The Hall–Kier alpha value is -2.28. The van der Waals surface area contributed by atoms with Gasteiger partial charge in [0.1, 0.15) is 10.7 Å². The molecule has 1 aliphatic carbocycles. The summed E-state index contributed by atoms with van der Waals surface area (Å²) < 4.78 is 52.6. The predicted molar refractivity (Wildman–Crippen MR) is 86.1 cm³/mol. The standard InChI is InChI=1S/C17H16FNO4S/c18-13-5-1-2-6-16(13)24(20,21)19-12-7-8-14-15(11-12)23-17(22-14)9-3-4-10-17/h1-2,5-8,11,19H,3-4,9-10H2. The van der Waals surface area contributed by atoms with Crippen LogP contribution in [0.1, 0.15) is 25.7 Å². The van der Waals surface area contributed by atoms with E-state index in [1.807, 2.05) is 0 Å². The molecule has 0 bridgehead atoms. The van der Waals surface area contributed by atoms with Crippen molar-refractivity contribution in [3.8, 4) is 11.5 Å². The second-order valence-electron chi connectivity index (χ2n) is 6.02. The molecule has 1 spiro atoms. The van der Waals surface area contributed by atoms with E-state index in [2.05, 4.69) is 4.72 Å². The highest BCUT2D eigenvalue weighted by Gasteiger charge is 2.44. The minimum Gasteiger partial charge on any atom is -0.448 e. The van der Waals surface area contributed by atoms with Crippen LogP contribution >= 0.6 is 0 Å². The lowest BCUT2D eigenvalue weighted by molar-refractivity contribution is -0.0716. The predicted octanol–water partition coefficient (Wildman–Crippen LogP) is 3.67. The third kappa shape index (κ3) is 2.58. The molecule has 0 saturated heterocycles. The molecule has 0 amide bonds. The summed E-state index contributed by atoms with van der Waals surface area (Å²) in [6.45, 7) is 0. The topological polar surface area (TPSA) is 64.6 Å². The quantitative estimate of drug-likeness (QED) is 0.918. The SMILES string of the molecule is O=S(=O)(Nc1ccc2c(c1)OC1(CCCC1)O2)c1ccccc1F. The van der Waals surface area contributed by atoms with E-state index < -0.39 is 26.5 Å². The van der Waals surface area contributed by atoms with Crippen molar-refractivity contribution in [2.24, 2.45) is 0 Å². The fourth-order valence-electron chi connectivity index (χ4n) is 3.15. The van der Waals surface area contributed by atoms with Crippen molar-refractivity contribution < 1.29 is 22.3 Å². The Bertz CT molecular complexity index is 891. The Labute approximate surface area is 139 Å². The first-order valence-corrected chi connectivity index (χ1v) is 9.25. The summed E-state index contributed by atoms with van der Waals surface area (Å²) in [5, 5.41) is 0. The van der Waals surface area contributed by atoms with Gasteiger partial charge in [0.2, 0.25) is 0 Å². The molecule has 2 aromatic rings. The zero-order valence-corrected chi connectivity index (χ0v) is 13.6. The van der Waals surface area contributed by atoms with Gasteiger partial charge in [0.25, 0.3) is 15.8 Å². The van der Waals surface area contributed by atoms with Crippen LogP contribution in [-0.4, -0.2) is 14.2 Å². The van der Waals surface area contributed by atoms with E-state index in [1.54, 1.807) is 18.2 Å². The zero-order chi connectivity index (χ0) is 16.8. The van der Waals surface area contributed by atoms with Gasteiger partial charge in [0.15, 0.2) is 11.5 Å². The minimum absolute atomic E-state index is 0.302. The van der Waals surface area contributed by atoms with Crippen LogP contribution in [0.3, 0.4) is 0 Å². The summed E-state index contributed by atoms with van der Waals surface area (Å²) in [7, 11) is -4.01. The lowest BCUT2D eigenvalue weighted by Crippen LogP contribution is -2.34. The molecule has 7 heteroatoms. The van der Waals surface area contributed by atoms with Crippen molar-refractivity contribution in [2.75, 3.05) is 4.72 Å². The van der Waals surface area contributed by atoms with Gasteiger partial charge < -0.3 is 9.47 Å². The van der Waals surface area contributed by atoms with Crippen molar-refractivity contribution in [3.63, 3.8) is 0 Å². The van der Waals surface area contributed by atoms with Gasteiger partial charge >= 0.3 is 0 Å². The van der Waals surface area contributed by atoms with Crippen molar-refractivity contribution in [2.45, 2.75) is 36.4 Å². The van der Waals surface area contributed by atoms with Gasteiger partial charge in [-0.2, -0.15) is 0 Å². The molecular weight excluding hydrogens is 333 g/mol. The van der Waals surface area contributed by atoms with Gasteiger partial charge in [0, 0.05) is 18.9 Å². The third-order valence-electron chi connectivity index (χ3n) is 4.28. The summed E-state index contributed by atoms with van der Waals surface area (Å²) in [5.41, 5.74) is 0.302. The lowest BCUT2D eigenvalue weighted by Gasteiger charge is -2.21. The highest BCUT2D eigenvalue weighted by atomic mass is 32.2. The summed E-state index contributed by atoms with van der Waals surface area (Å²) >= 11 is 0. The number of fused-ring (bicyclic) bond motifs is 1. The zero-order valence-electron chi connectivity index (χ0n) is 12.8. The molecule has 2 aromatic carbocycles. The van der Waals surface area contributed by atoms with Crippen molar-refractivity contribution in [3.05, 3.63) is 48.3 Å². The number of hydrogen-bond donors (Lipinski definition) is 1. The van der Waals surface area contributed by atoms with Crippen LogP contribution in [-0.2, 0) is 10.0 Å². The van der Waals surface area contributed by atoms with Gasteiger partial charge in [-0.25, -0.2) is 12.8 Å². The molecule has 1 heterocycles. The summed E-state index contributed by atoms with van der Waals surface area (Å²) in [5.74, 6) is -0.294. The van der Waals surface area contributed by atoms with Gasteiger partial charge in [-0.1, -0.05) is 12.1 Å². The second-order valence-corrected chi connectivity index (χ2v) is 7.67. The number of ether oxygens (including phenoxy) is 2. The second kappa shape index (κ2) is 5.37. The van der Waals surface area contributed by atoms with Crippen LogP contribution in [0.4, 0.5) is 10.1 Å². The molecule has 1 fully saturated rings. The first kappa shape index (κ1) is 15.3. The summed E-state index contributed by atoms with van der Waals surface area (Å²) in [4.78, 5) is -0.394. The smallest absolute Gasteiger partial charge is 0.264 e. The molecule has 0 radical (unpaired) electrons. The maximum atomic E-state index is 13.7. The Morgan fingerprint density at radius 2 is 1.71 bits per heavy atom. The molecule has 5 nitrogen and oxygen atoms in total. The van der Waals surface area contributed by atoms with Gasteiger partial charge in [-0.3, -0.25) is 4.72 Å². The molecule has 126 valence electrons. The molecule has 1 saturated carbocycles. The molecular formula is C17H16FNO4S. The van der Waals surface area contributed by atoms with Crippen molar-refractivity contribution in [1.82, 2.24) is 0 Å². The van der Waals surface area contributed by atoms with E-state index in [9.17, 15) is 12.8 Å². The molecule has 0 atom stereocenters. The lowest BCUT2D eigenvalue weighted by atomic mass is 10.2. The van der Waals surface area contributed by atoms with Gasteiger partial charge in [-0.05, 0) is 37.1 Å². The van der Waals surface area contributed by atoms with E-state index in [0.29, 0.717) is 17.2 Å². The van der Waals surface area contributed by atoms with Crippen molar-refractivity contribution in [1.29, 1.82) is 0 Å². The van der Waals surface area contributed by atoms with Crippen LogP contribution < -0.4 is 14.2 Å². The third-order valence-corrected chi connectivity index (χ3v) is 5.69. The van der Waals surface area contributed by atoms with Gasteiger partial charge in [0.05, 0.1) is 5.69 Å². The maximum Gasteiger partial charge on any atom is 0.264 e. The summed E-state index contributed by atoms with van der Waals surface area (Å²) in [6.07, 6.45) is 3.72. The Kier molecular flexibility index (Phi) is 3.42. The van der Waals surface area contributed by atoms with E-state index in [4.69, 9.17) is 9.47 Å². The minimum atomic E-state index is -4.01. The number of nitrogens with one attached hydrogen (secondary N) is 1. The number of sulfonamides is 1. The monoisotopic (exact) mass is 349 g/mol. The van der Waals surface area contributed by atoms with Crippen molar-refractivity contribution >= 4 is 15.7 Å². The molecule has 0 unspecified atom stereocenters. The maximum absolute atomic E-state index is 13.7. The Morgan fingerprint density at radius 1 is 1.00 bits per heavy atom. The van der Waals surface area contributed by atoms with E-state index >= 15 is 0 Å². The Balaban J connectivity index is 1.60. The van der Waals surface area contributed by atoms with Crippen LogP contribution in [0.25, 0.3) is 0 Å². The molecule has 0 aromatic heterocycles. The first-order chi connectivity index (χ1) is 11.5. The largest absolute Gasteiger partial charge is 0.448 e. The normalized spacial score (nSPS) is 18.0. The highest BCUT2D eigenvalue weighted by Crippen LogP contribution is 2.47. The fourth-order valence-corrected chi connectivity index (χ4v) is 4.28. The first-order valence-electron chi connectivity index (χ1n) is 7.77. The van der Waals surface area contributed by atoms with Crippen LogP contribution in [0.5, 0.6) is 11.5 Å². The number of hydrogen-bond acceptors (Lipinski definition) is 4. The molecule has 1 N–H and O–H groups in total. The van der Waals surface area contributed by atoms with E-state index in [1.165, 1.54) is 18.2 Å². The fraction of sp³-hybridized carbons (Fsp3) is 0.294. The van der Waals surface area contributed by atoms with E-state index in [-0.39, 0.29) is 0 Å². The van der Waals surface area contributed by atoms with Gasteiger partial charge in [-0.15, -0.1) is 0 Å².